The zero-order valence-electron chi connectivity index (χ0n) is 12.8. The van der Waals surface area contributed by atoms with Gasteiger partial charge in [0.1, 0.15) is 5.75 Å². The standard InChI is InChI=1S/C20H14N2O2/c23-16-12-10-15(11-13-16)22-18-9-5-4-8-17(18)21-20(22)19(24)14-6-2-1-3-7-14/h1-13,23H. The van der Waals surface area contributed by atoms with Crippen LogP contribution >= 0.6 is 0 Å². The highest BCUT2D eigenvalue weighted by atomic mass is 16.3. The highest BCUT2D eigenvalue weighted by Crippen LogP contribution is 2.24. The van der Waals surface area contributed by atoms with E-state index in [0.29, 0.717) is 11.4 Å². The number of nitrogens with zero attached hydrogens (tertiary/aromatic N) is 2. The zero-order valence-corrected chi connectivity index (χ0v) is 12.8. The van der Waals surface area contributed by atoms with E-state index in [-0.39, 0.29) is 11.5 Å². The second kappa shape index (κ2) is 5.66. The van der Waals surface area contributed by atoms with E-state index in [2.05, 4.69) is 4.98 Å². The third kappa shape index (κ3) is 2.34. The van der Waals surface area contributed by atoms with E-state index in [0.717, 1.165) is 16.7 Å². The Morgan fingerprint density at radius 1 is 0.833 bits per heavy atom. The fourth-order valence-corrected chi connectivity index (χ4v) is 2.76. The molecule has 0 aliphatic heterocycles. The molecule has 1 aromatic heterocycles. The van der Waals surface area contributed by atoms with E-state index in [4.69, 9.17) is 0 Å². The Balaban J connectivity index is 1.97. The first-order valence-corrected chi connectivity index (χ1v) is 7.61. The number of phenols is 1. The van der Waals surface area contributed by atoms with E-state index < -0.39 is 0 Å². The first-order chi connectivity index (χ1) is 11.7. The minimum Gasteiger partial charge on any atom is -0.508 e. The highest BCUT2D eigenvalue weighted by molar-refractivity contribution is 6.08. The average molecular weight is 314 g/mol. The van der Waals surface area contributed by atoms with Crippen molar-refractivity contribution in [3.05, 3.63) is 90.3 Å². The van der Waals surface area contributed by atoms with Crippen LogP contribution in [0.1, 0.15) is 16.2 Å². The van der Waals surface area contributed by atoms with Gasteiger partial charge in [-0.3, -0.25) is 9.36 Å². The van der Waals surface area contributed by atoms with Gasteiger partial charge in [-0.05, 0) is 36.4 Å². The number of ketones is 1. The van der Waals surface area contributed by atoms with Crippen molar-refractivity contribution in [2.24, 2.45) is 0 Å². The van der Waals surface area contributed by atoms with Gasteiger partial charge in [-0.1, -0.05) is 42.5 Å². The normalized spacial score (nSPS) is 10.8. The van der Waals surface area contributed by atoms with E-state index >= 15 is 0 Å². The molecule has 4 nitrogen and oxygen atoms in total. The third-order valence-corrected chi connectivity index (χ3v) is 3.91. The monoisotopic (exact) mass is 314 g/mol. The zero-order chi connectivity index (χ0) is 16.5. The molecule has 0 spiro atoms. The van der Waals surface area contributed by atoms with Crippen LogP contribution in [0.25, 0.3) is 16.7 Å². The lowest BCUT2D eigenvalue weighted by molar-refractivity contribution is 0.102. The van der Waals surface area contributed by atoms with Gasteiger partial charge in [-0.15, -0.1) is 0 Å². The van der Waals surface area contributed by atoms with Gasteiger partial charge in [-0.2, -0.15) is 0 Å². The summed E-state index contributed by atoms with van der Waals surface area (Å²) in [7, 11) is 0. The van der Waals surface area contributed by atoms with Crippen molar-refractivity contribution in [3.8, 4) is 11.4 Å². The molecule has 0 saturated carbocycles. The molecule has 4 rings (SSSR count). The van der Waals surface area contributed by atoms with Gasteiger partial charge in [-0.25, -0.2) is 4.98 Å². The molecular formula is C20H14N2O2. The molecule has 1 N–H and O–H groups in total. The minimum atomic E-state index is -0.139. The molecule has 0 unspecified atom stereocenters. The van der Waals surface area contributed by atoms with E-state index in [1.807, 2.05) is 47.0 Å². The van der Waals surface area contributed by atoms with Gasteiger partial charge in [0.25, 0.3) is 0 Å². The first-order valence-electron chi connectivity index (χ1n) is 7.61. The molecular weight excluding hydrogens is 300 g/mol. The maximum Gasteiger partial charge on any atom is 0.228 e. The lowest BCUT2D eigenvalue weighted by Gasteiger charge is -2.09. The van der Waals surface area contributed by atoms with Crippen molar-refractivity contribution in [2.45, 2.75) is 0 Å². The summed E-state index contributed by atoms with van der Waals surface area (Å²) in [5.41, 5.74) is 2.97. The molecule has 0 saturated heterocycles. The Morgan fingerprint density at radius 2 is 1.50 bits per heavy atom. The Morgan fingerprint density at radius 3 is 2.25 bits per heavy atom. The predicted molar refractivity (Wildman–Crippen MR) is 92.6 cm³/mol. The molecule has 0 fully saturated rings. The summed E-state index contributed by atoms with van der Waals surface area (Å²) >= 11 is 0. The molecule has 0 aliphatic carbocycles. The van der Waals surface area contributed by atoms with Crippen LogP contribution in [0.5, 0.6) is 5.75 Å². The molecule has 0 radical (unpaired) electrons. The van der Waals surface area contributed by atoms with Crippen LogP contribution in [0.2, 0.25) is 0 Å². The number of imidazole rings is 1. The number of carbonyl (C=O) groups is 1. The van der Waals surface area contributed by atoms with Gasteiger partial charge >= 0.3 is 0 Å². The molecule has 0 atom stereocenters. The van der Waals surface area contributed by atoms with Crippen molar-refractivity contribution in [3.63, 3.8) is 0 Å². The van der Waals surface area contributed by atoms with Gasteiger partial charge in [0.2, 0.25) is 5.78 Å². The lowest BCUT2D eigenvalue weighted by atomic mass is 10.1. The Hall–Kier alpha value is -3.40. The van der Waals surface area contributed by atoms with E-state index in [1.54, 1.807) is 36.4 Å². The van der Waals surface area contributed by atoms with Crippen LogP contribution in [0.15, 0.2) is 78.9 Å². The fourth-order valence-electron chi connectivity index (χ4n) is 2.76. The smallest absolute Gasteiger partial charge is 0.228 e. The molecule has 0 amide bonds. The molecule has 4 heteroatoms. The largest absolute Gasteiger partial charge is 0.508 e. The van der Waals surface area contributed by atoms with Crippen LogP contribution in [0, 0.1) is 0 Å². The number of hydrogen-bond acceptors (Lipinski definition) is 3. The van der Waals surface area contributed by atoms with Gasteiger partial charge in [0, 0.05) is 11.3 Å². The molecule has 24 heavy (non-hydrogen) atoms. The first kappa shape index (κ1) is 14.2. The molecule has 4 aromatic rings. The molecule has 1 heterocycles. The van der Waals surface area contributed by atoms with Gasteiger partial charge in [0.15, 0.2) is 5.82 Å². The SMILES string of the molecule is O=C(c1ccccc1)c1nc2ccccc2n1-c1ccc(O)cc1. The van der Waals surface area contributed by atoms with Crippen molar-refractivity contribution in [1.82, 2.24) is 9.55 Å². The number of rotatable bonds is 3. The predicted octanol–water partition coefficient (Wildman–Crippen LogP) is 3.96. The van der Waals surface area contributed by atoms with Crippen molar-refractivity contribution >= 4 is 16.8 Å². The van der Waals surface area contributed by atoms with Crippen LogP contribution in [0.3, 0.4) is 0 Å². The summed E-state index contributed by atoms with van der Waals surface area (Å²) in [5.74, 6) is 0.395. The number of fused-ring (bicyclic) bond motifs is 1. The number of benzene rings is 3. The Kier molecular flexibility index (Phi) is 3.35. The van der Waals surface area contributed by atoms with Crippen molar-refractivity contribution < 1.29 is 9.90 Å². The summed E-state index contributed by atoms with van der Waals surface area (Å²) < 4.78 is 1.82. The maximum absolute atomic E-state index is 12.9. The summed E-state index contributed by atoms with van der Waals surface area (Å²) in [6.45, 7) is 0. The Bertz CT molecular complexity index is 1020. The topological polar surface area (TPSA) is 55.1 Å². The number of phenolic OH excluding ortho intramolecular Hbond substituents is 1. The number of carbonyl (C=O) groups excluding carboxylic acids is 1. The number of para-hydroxylation sites is 2. The van der Waals surface area contributed by atoms with Crippen LogP contribution in [0.4, 0.5) is 0 Å². The molecule has 0 bridgehead atoms. The van der Waals surface area contributed by atoms with Crippen LogP contribution < -0.4 is 0 Å². The van der Waals surface area contributed by atoms with E-state index in [1.165, 1.54) is 0 Å². The molecule has 0 aliphatic rings. The number of aromatic hydroxyl groups is 1. The number of aromatic nitrogens is 2. The number of hydrogen-bond donors (Lipinski definition) is 1. The van der Waals surface area contributed by atoms with E-state index in [9.17, 15) is 9.90 Å². The summed E-state index contributed by atoms with van der Waals surface area (Å²) in [4.78, 5) is 17.5. The van der Waals surface area contributed by atoms with Crippen LogP contribution in [-0.4, -0.2) is 20.4 Å². The van der Waals surface area contributed by atoms with Gasteiger partial charge in [0.05, 0.1) is 11.0 Å². The quantitative estimate of drug-likeness (QED) is 0.582. The van der Waals surface area contributed by atoms with Gasteiger partial charge < -0.3 is 5.11 Å². The molecule has 116 valence electrons. The minimum absolute atomic E-state index is 0.139. The lowest BCUT2D eigenvalue weighted by Crippen LogP contribution is -2.10. The molecule has 3 aromatic carbocycles. The van der Waals surface area contributed by atoms with Crippen molar-refractivity contribution in [1.29, 1.82) is 0 Å². The second-order valence-electron chi connectivity index (χ2n) is 5.47. The van der Waals surface area contributed by atoms with Crippen molar-refractivity contribution in [2.75, 3.05) is 0 Å². The summed E-state index contributed by atoms with van der Waals surface area (Å²) in [6, 6.07) is 23.5. The average Bonchev–Trinajstić information content (AvgIpc) is 3.02. The third-order valence-electron chi connectivity index (χ3n) is 3.91. The summed E-state index contributed by atoms with van der Waals surface area (Å²) in [6.07, 6.45) is 0. The maximum atomic E-state index is 12.9. The van der Waals surface area contributed by atoms with Crippen LogP contribution in [-0.2, 0) is 0 Å². The highest BCUT2D eigenvalue weighted by Gasteiger charge is 2.19. The second-order valence-corrected chi connectivity index (χ2v) is 5.47. The fraction of sp³-hybridized carbons (Fsp3) is 0. The summed E-state index contributed by atoms with van der Waals surface area (Å²) in [5, 5.41) is 9.53. The Labute approximate surface area is 138 Å².